The number of rotatable bonds is 34. The first-order valence-corrected chi connectivity index (χ1v) is 21.0. The number of aliphatic carboxylic acids is 2. The molecule has 16 heteroatoms. The van der Waals surface area contributed by atoms with Crippen LogP contribution in [0.2, 0.25) is 0 Å². The van der Waals surface area contributed by atoms with Crippen LogP contribution in [0.15, 0.2) is 30.5 Å². The summed E-state index contributed by atoms with van der Waals surface area (Å²) in [5, 5.41) is 30.0. The first kappa shape index (κ1) is 50.2. The lowest BCUT2D eigenvalue weighted by molar-refractivity contribution is -0.143. The number of unbranched alkanes of at least 4 members (excludes halogenated alkanes) is 9. The number of amides is 3. The molecule has 0 bridgehead atoms. The van der Waals surface area contributed by atoms with E-state index in [1.807, 2.05) is 24.3 Å². The summed E-state index contributed by atoms with van der Waals surface area (Å²) in [7, 11) is 0. The number of nitrogens with one attached hydrogen (secondary N) is 5. The van der Waals surface area contributed by atoms with Crippen LogP contribution < -0.4 is 27.0 Å². The van der Waals surface area contributed by atoms with Crippen LogP contribution in [0, 0.1) is 5.92 Å². The number of aromatic amines is 1. The average molecular weight is 827 g/mol. The molecule has 0 aliphatic heterocycles. The van der Waals surface area contributed by atoms with Crippen molar-refractivity contribution in [1.29, 1.82) is 0 Å². The quantitative estimate of drug-likeness (QED) is 0.0468. The molecule has 59 heavy (non-hydrogen) atoms. The topological polar surface area (TPSA) is 267 Å². The number of carbonyl (C=O) groups is 8. The Kier molecular flexibility index (Phi) is 24.2. The highest BCUT2D eigenvalue weighted by atomic mass is 16.4. The SMILES string of the molecule is CC(=O)CCCCCCCCCCCCC(=O)CNCC[C@H](N)C(=O)C[C@H](Cc1c[nH]c2ccccc12)C(=O)NCC[C@H](NC(=O)[C@@H](CCC(=O)O)NC(C)=O)C(=O)O. The summed E-state index contributed by atoms with van der Waals surface area (Å²) in [5.74, 6) is -5.41. The van der Waals surface area contributed by atoms with E-state index in [-0.39, 0.29) is 62.5 Å². The van der Waals surface area contributed by atoms with Crippen LogP contribution in [0.1, 0.15) is 129 Å². The molecule has 1 aromatic heterocycles. The van der Waals surface area contributed by atoms with Gasteiger partial charge in [0.25, 0.3) is 0 Å². The van der Waals surface area contributed by atoms with Crippen LogP contribution >= 0.6 is 0 Å². The van der Waals surface area contributed by atoms with Gasteiger partial charge in [-0.15, -0.1) is 0 Å². The maximum absolute atomic E-state index is 13.6. The molecule has 0 unspecified atom stereocenters. The van der Waals surface area contributed by atoms with E-state index in [0.717, 1.165) is 61.9 Å². The number of hydrogen-bond donors (Lipinski definition) is 8. The lowest BCUT2D eigenvalue weighted by Crippen LogP contribution is -2.52. The van der Waals surface area contributed by atoms with Gasteiger partial charge in [0.15, 0.2) is 0 Å². The molecule has 1 heterocycles. The van der Waals surface area contributed by atoms with Gasteiger partial charge >= 0.3 is 11.9 Å². The molecule has 3 amide bonds. The van der Waals surface area contributed by atoms with Crippen molar-refractivity contribution < 1.29 is 48.6 Å². The smallest absolute Gasteiger partial charge is 0.326 e. The Balaban J connectivity index is 1.84. The first-order valence-electron chi connectivity index (χ1n) is 21.0. The van der Waals surface area contributed by atoms with Crippen molar-refractivity contribution >= 4 is 57.9 Å². The zero-order valence-corrected chi connectivity index (χ0v) is 34.8. The molecule has 0 aliphatic carbocycles. The van der Waals surface area contributed by atoms with Gasteiger partial charge in [0.1, 0.15) is 29.4 Å². The van der Waals surface area contributed by atoms with E-state index >= 15 is 0 Å². The second kappa shape index (κ2) is 28.5. The number of H-pyrrole nitrogens is 1. The highest BCUT2D eigenvalue weighted by Crippen LogP contribution is 2.23. The highest BCUT2D eigenvalue weighted by Gasteiger charge is 2.29. The number of Topliss-reactive ketones (excluding diaryl/α,β-unsaturated/α-hetero) is 3. The molecule has 0 saturated carbocycles. The number of nitrogens with two attached hydrogens (primary N) is 1. The lowest BCUT2D eigenvalue weighted by Gasteiger charge is -2.22. The number of hydrogen-bond acceptors (Lipinski definition) is 10. The third-order valence-corrected chi connectivity index (χ3v) is 10.2. The maximum Gasteiger partial charge on any atom is 0.326 e. The van der Waals surface area contributed by atoms with Gasteiger partial charge in [-0.1, -0.05) is 69.6 Å². The molecule has 16 nitrogen and oxygen atoms in total. The van der Waals surface area contributed by atoms with Crippen LogP contribution in [0.4, 0.5) is 0 Å². The van der Waals surface area contributed by atoms with E-state index < -0.39 is 60.1 Å². The van der Waals surface area contributed by atoms with Gasteiger partial charge in [-0.3, -0.25) is 28.8 Å². The van der Waals surface area contributed by atoms with Gasteiger partial charge in [0.05, 0.1) is 12.6 Å². The van der Waals surface area contributed by atoms with Crippen LogP contribution in [-0.2, 0) is 44.8 Å². The fraction of sp³-hybridized carbons (Fsp3) is 0.628. The van der Waals surface area contributed by atoms with Gasteiger partial charge in [-0.05, 0) is 63.6 Å². The van der Waals surface area contributed by atoms with Gasteiger partial charge in [0.2, 0.25) is 17.7 Å². The molecule has 0 fully saturated rings. The van der Waals surface area contributed by atoms with Crippen LogP contribution in [-0.4, -0.2) is 100.0 Å². The Morgan fingerprint density at radius 3 is 1.95 bits per heavy atom. The fourth-order valence-electron chi connectivity index (χ4n) is 6.86. The van der Waals surface area contributed by atoms with Gasteiger partial charge < -0.3 is 47.0 Å². The van der Waals surface area contributed by atoms with Crippen molar-refractivity contribution in [3.63, 3.8) is 0 Å². The van der Waals surface area contributed by atoms with Crippen molar-refractivity contribution in [2.24, 2.45) is 11.7 Å². The first-order chi connectivity index (χ1) is 28.2. The number of aromatic nitrogens is 1. The van der Waals surface area contributed by atoms with E-state index in [1.165, 1.54) is 25.7 Å². The predicted molar refractivity (Wildman–Crippen MR) is 223 cm³/mol. The lowest BCUT2D eigenvalue weighted by atomic mass is 9.90. The minimum absolute atomic E-state index is 0.0985. The maximum atomic E-state index is 13.6. The number of fused-ring (bicyclic) bond motifs is 1. The summed E-state index contributed by atoms with van der Waals surface area (Å²) in [6, 6.07) is 3.88. The van der Waals surface area contributed by atoms with Crippen LogP contribution in [0.5, 0.6) is 0 Å². The summed E-state index contributed by atoms with van der Waals surface area (Å²) in [6.45, 7) is 3.13. The molecule has 9 N–H and O–H groups in total. The Morgan fingerprint density at radius 1 is 0.712 bits per heavy atom. The van der Waals surface area contributed by atoms with E-state index in [0.29, 0.717) is 19.4 Å². The molecule has 1 aromatic carbocycles. The summed E-state index contributed by atoms with van der Waals surface area (Å²) < 4.78 is 0. The largest absolute Gasteiger partial charge is 0.481 e. The van der Waals surface area contributed by atoms with Gasteiger partial charge in [-0.2, -0.15) is 0 Å². The molecule has 2 rings (SSSR count). The Hall–Kier alpha value is -4.96. The number of carboxylic acid groups (broad SMARTS) is 2. The van der Waals surface area contributed by atoms with Crippen molar-refractivity contribution in [2.75, 3.05) is 19.6 Å². The van der Waals surface area contributed by atoms with Crippen molar-refractivity contribution in [2.45, 2.75) is 148 Å². The van der Waals surface area contributed by atoms with Crippen molar-refractivity contribution in [1.82, 2.24) is 26.3 Å². The zero-order chi connectivity index (χ0) is 43.6. The monoisotopic (exact) mass is 826 g/mol. The third-order valence-electron chi connectivity index (χ3n) is 10.2. The second-order valence-corrected chi connectivity index (χ2v) is 15.4. The molecule has 0 radical (unpaired) electrons. The average Bonchev–Trinajstić information content (AvgIpc) is 3.59. The number of carbonyl (C=O) groups excluding carboxylic acids is 6. The second-order valence-electron chi connectivity index (χ2n) is 15.4. The fourth-order valence-corrected chi connectivity index (χ4v) is 6.86. The third kappa shape index (κ3) is 21.6. The van der Waals surface area contributed by atoms with E-state index in [1.54, 1.807) is 13.1 Å². The predicted octanol–water partition coefficient (Wildman–Crippen LogP) is 3.88. The minimum atomic E-state index is -1.47. The minimum Gasteiger partial charge on any atom is -0.481 e. The molecular weight excluding hydrogens is 761 g/mol. The summed E-state index contributed by atoms with van der Waals surface area (Å²) in [4.78, 5) is 101. The Morgan fingerprint density at radius 2 is 1.34 bits per heavy atom. The molecule has 0 aliphatic rings. The number of carboxylic acids is 2. The summed E-state index contributed by atoms with van der Waals surface area (Å²) >= 11 is 0. The normalized spacial score (nSPS) is 13.2. The van der Waals surface area contributed by atoms with E-state index in [9.17, 15) is 43.5 Å². The Bertz CT molecular complexity index is 1680. The number of ketones is 3. The van der Waals surface area contributed by atoms with Crippen LogP contribution in [0.25, 0.3) is 10.9 Å². The molecule has 4 atom stereocenters. The summed E-state index contributed by atoms with van der Waals surface area (Å²) in [6.07, 6.45) is 13.2. The number of benzene rings is 1. The molecule has 328 valence electrons. The van der Waals surface area contributed by atoms with Gasteiger partial charge in [0, 0.05) is 62.2 Å². The van der Waals surface area contributed by atoms with Gasteiger partial charge in [-0.25, -0.2) is 4.79 Å². The molecule has 0 spiro atoms. The molecular formula is C43H66N6O10. The van der Waals surface area contributed by atoms with Crippen LogP contribution in [0.3, 0.4) is 0 Å². The number of para-hydroxylation sites is 1. The Labute approximate surface area is 347 Å². The molecule has 2 aromatic rings. The van der Waals surface area contributed by atoms with Crippen molar-refractivity contribution in [3.05, 3.63) is 36.0 Å². The summed E-state index contributed by atoms with van der Waals surface area (Å²) in [5.41, 5.74) is 7.92. The van der Waals surface area contributed by atoms with E-state index in [4.69, 9.17) is 10.8 Å². The molecule has 0 saturated heterocycles. The highest BCUT2D eigenvalue weighted by molar-refractivity contribution is 5.92. The van der Waals surface area contributed by atoms with E-state index in [2.05, 4.69) is 26.3 Å². The standard InChI is InChI=1S/C43H66N6O10/c1-29(50)15-11-9-7-5-3-4-6-8-10-12-16-33(52)28-45-23-21-35(44)39(53)26-31(25-32-27-47-36-18-14-13-17-34(32)36)41(56)46-24-22-38(43(58)59)49-42(57)37(48-30(2)51)19-20-40(54)55/h13-14,17-18,27,31,35,37-38,45,47H,3-12,15-16,19-26,28,44H2,1-2H3,(H,46,56)(H,48,51)(H,49,57)(H,54,55)(H,58,59)/t31-,35-,37+,38-/m0/s1. The zero-order valence-electron chi connectivity index (χ0n) is 34.8. The van der Waals surface area contributed by atoms with Crippen molar-refractivity contribution in [3.8, 4) is 0 Å².